The summed E-state index contributed by atoms with van der Waals surface area (Å²) in [5, 5.41) is 0.681. The van der Waals surface area contributed by atoms with Crippen LogP contribution in [0.15, 0.2) is 53.2 Å². The quantitative estimate of drug-likeness (QED) is 0.561. The fourth-order valence-electron chi connectivity index (χ4n) is 2.59. The molecule has 0 aliphatic carbocycles. The Balaban J connectivity index is 1.76. The van der Waals surface area contributed by atoms with Gasteiger partial charge in [-0.25, -0.2) is 9.79 Å². The minimum Gasteiger partial charge on any atom is -0.497 e. The lowest BCUT2D eigenvalue weighted by Gasteiger charge is -2.07. The summed E-state index contributed by atoms with van der Waals surface area (Å²) in [7, 11) is 3.14. The summed E-state index contributed by atoms with van der Waals surface area (Å²) in [5.41, 5.74) is 2.03. The van der Waals surface area contributed by atoms with Crippen LogP contribution in [0.5, 0.6) is 11.5 Å². The molecule has 0 spiro atoms. The van der Waals surface area contributed by atoms with Gasteiger partial charge < -0.3 is 14.2 Å². The first-order chi connectivity index (χ1) is 12.6. The second-order valence-electron chi connectivity index (χ2n) is 5.66. The topological polar surface area (TPSA) is 57.1 Å². The van der Waals surface area contributed by atoms with Crippen LogP contribution in [-0.4, -0.2) is 26.1 Å². The molecule has 0 unspecified atom stereocenters. The van der Waals surface area contributed by atoms with Gasteiger partial charge in [0.1, 0.15) is 11.5 Å². The van der Waals surface area contributed by atoms with Crippen LogP contribution in [0.25, 0.3) is 6.08 Å². The Hall–Kier alpha value is -2.79. The number of rotatable bonds is 6. The first-order valence-corrected chi connectivity index (χ1v) is 8.45. The molecule has 0 amide bonds. The predicted octanol–water partition coefficient (Wildman–Crippen LogP) is 4.29. The van der Waals surface area contributed by atoms with E-state index in [4.69, 9.17) is 25.8 Å². The van der Waals surface area contributed by atoms with E-state index in [1.165, 1.54) is 0 Å². The maximum absolute atomic E-state index is 12.1. The van der Waals surface area contributed by atoms with Crippen molar-refractivity contribution in [3.63, 3.8) is 0 Å². The fourth-order valence-corrected chi connectivity index (χ4v) is 2.80. The van der Waals surface area contributed by atoms with Crippen molar-refractivity contribution in [1.82, 2.24) is 0 Å². The molecule has 1 aliphatic rings. The second kappa shape index (κ2) is 8.06. The van der Waals surface area contributed by atoms with Gasteiger partial charge in [-0.2, -0.15) is 0 Å². The number of aryl methyl sites for hydroxylation is 1. The molecule has 1 aliphatic heterocycles. The number of nitrogens with zero attached hydrogens (tertiary/aromatic N) is 1. The Morgan fingerprint density at radius 3 is 2.69 bits per heavy atom. The molecule has 2 aromatic carbocycles. The SMILES string of the molecule is COc1ccc(/C=C2/N=C(CCc3cccc(Cl)c3)OC2=O)c(OC)c1. The molecule has 5 nitrogen and oxygen atoms in total. The van der Waals surface area contributed by atoms with Gasteiger partial charge in [0.25, 0.3) is 0 Å². The van der Waals surface area contributed by atoms with E-state index in [0.717, 1.165) is 11.1 Å². The van der Waals surface area contributed by atoms with Gasteiger partial charge in [0.05, 0.1) is 14.2 Å². The maximum Gasteiger partial charge on any atom is 0.363 e. The third-order valence-electron chi connectivity index (χ3n) is 3.91. The minimum atomic E-state index is -0.469. The Morgan fingerprint density at radius 2 is 1.96 bits per heavy atom. The van der Waals surface area contributed by atoms with Crippen molar-refractivity contribution < 1.29 is 19.0 Å². The highest BCUT2D eigenvalue weighted by molar-refractivity contribution is 6.30. The standard InChI is InChI=1S/C20H18ClNO4/c1-24-16-8-7-14(18(12-16)25-2)11-17-20(23)26-19(22-17)9-6-13-4-3-5-15(21)10-13/h3-5,7-8,10-12H,6,9H2,1-2H3/b17-11+. The summed E-state index contributed by atoms with van der Waals surface area (Å²) in [6.07, 6.45) is 2.85. The van der Waals surface area contributed by atoms with E-state index in [1.54, 1.807) is 38.5 Å². The van der Waals surface area contributed by atoms with Crippen LogP contribution in [0.2, 0.25) is 5.02 Å². The van der Waals surface area contributed by atoms with E-state index in [1.807, 2.05) is 24.3 Å². The molecule has 0 saturated heterocycles. The number of aliphatic imine (C=N–C) groups is 1. The van der Waals surface area contributed by atoms with E-state index in [9.17, 15) is 4.79 Å². The molecule has 0 N–H and O–H groups in total. The van der Waals surface area contributed by atoms with Gasteiger partial charge in [-0.15, -0.1) is 0 Å². The Morgan fingerprint density at radius 1 is 1.12 bits per heavy atom. The molecule has 134 valence electrons. The molecule has 0 atom stereocenters. The van der Waals surface area contributed by atoms with Crippen LogP contribution in [0, 0.1) is 0 Å². The number of carbonyl (C=O) groups is 1. The second-order valence-corrected chi connectivity index (χ2v) is 6.10. The third kappa shape index (κ3) is 4.24. The highest BCUT2D eigenvalue weighted by atomic mass is 35.5. The lowest BCUT2D eigenvalue weighted by Crippen LogP contribution is -2.05. The Bertz CT molecular complexity index is 889. The molecule has 6 heteroatoms. The molecule has 2 aromatic rings. The molecule has 3 rings (SSSR count). The molecule has 0 aromatic heterocycles. The van der Waals surface area contributed by atoms with Crippen molar-refractivity contribution in [3.8, 4) is 11.5 Å². The lowest BCUT2D eigenvalue weighted by molar-refractivity contribution is -0.130. The molecule has 0 radical (unpaired) electrons. The number of carbonyl (C=O) groups excluding carboxylic acids is 1. The van der Waals surface area contributed by atoms with Gasteiger partial charge in [0.15, 0.2) is 11.6 Å². The van der Waals surface area contributed by atoms with Crippen LogP contribution in [-0.2, 0) is 16.0 Å². The van der Waals surface area contributed by atoms with E-state index in [2.05, 4.69) is 4.99 Å². The van der Waals surface area contributed by atoms with E-state index >= 15 is 0 Å². The number of esters is 1. The van der Waals surface area contributed by atoms with Crippen molar-refractivity contribution >= 4 is 29.5 Å². The summed E-state index contributed by atoms with van der Waals surface area (Å²) < 4.78 is 15.8. The number of cyclic esters (lactones) is 1. The van der Waals surface area contributed by atoms with Crippen LogP contribution in [0.3, 0.4) is 0 Å². The molecular weight excluding hydrogens is 354 g/mol. The average molecular weight is 372 g/mol. The average Bonchev–Trinajstić information content (AvgIpc) is 3.00. The predicted molar refractivity (Wildman–Crippen MR) is 101 cm³/mol. The first-order valence-electron chi connectivity index (χ1n) is 8.07. The molecule has 1 heterocycles. The summed E-state index contributed by atoms with van der Waals surface area (Å²) in [6.45, 7) is 0. The molecule has 0 saturated carbocycles. The van der Waals surface area contributed by atoms with Crippen molar-refractivity contribution in [1.29, 1.82) is 0 Å². The third-order valence-corrected chi connectivity index (χ3v) is 4.15. The van der Waals surface area contributed by atoms with E-state index in [-0.39, 0.29) is 5.70 Å². The van der Waals surface area contributed by atoms with Gasteiger partial charge in [0.2, 0.25) is 0 Å². The lowest BCUT2D eigenvalue weighted by atomic mass is 10.1. The van der Waals surface area contributed by atoms with Gasteiger partial charge in [0, 0.05) is 23.1 Å². The number of halogens is 1. The minimum absolute atomic E-state index is 0.245. The number of hydrogen-bond donors (Lipinski definition) is 0. The molecule has 26 heavy (non-hydrogen) atoms. The smallest absolute Gasteiger partial charge is 0.363 e. The number of hydrogen-bond acceptors (Lipinski definition) is 5. The Kier molecular flexibility index (Phi) is 5.58. The summed E-state index contributed by atoms with van der Waals surface area (Å²) >= 11 is 5.98. The summed E-state index contributed by atoms with van der Waals surface area (Å²) in [4.78, 5) is 16.4. The maximum atomic E-state index is 12.1. The van der Waals surface area contributed by atoms with Crippen molar-refractivity contribution in [2.45, 2.75) is 12.8 Å². The molecular formula is C20H18ClNO4. The Labute approximate surface area is 156 Å². The molecule has 0 bridgehead atoms. The van der Waals surface area contributed by atoms with Crippen LogP contribution < -0.4 is 9.47 Å². The highest BCUT2D eigenvalue weighted by Gasteiger charge is 2.23. The number of benzene rings is 2. The largest absolute Gasteiger partial charge is 0.497 e. The zero-order valence-electron chi connectivity index (χ0n) is 14.5. The summed E-state index contributed by atoms with van der Waals surface area (Å²) in [6, 6.07) is 12.9. The zero-order chi connectivity index (χ0) is 18.5. The molecule has 0 fully saturated rings. The first kappa shape index (κ1) is 18.0. The highest BCUT2D eigenvalue weighted by Crippen LogP contribution is 2.28. The number of ether oxygens (including phenoxy) is 3. The summed E-state index contributed by atoms with van der Waals surface area (Å²) in [5.74, 6) is 1.19. The zero-order valence-corrected chi connectivity index (χ0v) is 15.2. The van der Waals surface area contributed by atoms with Gasteiger partial charge in [-0.05, 0) is 42.3 Å². The van der Waals surface area contributed by atoms with Crippen molar-refractivity contribution in [2.24, 2.45) is 4.99 Å². The van der Waals surface area contributed by atoms with Crippen molar-refractivity contribution in [3.05, 3.63) is 64.3 Å². The van der Waals surface area contributed by atoms with Crippen LogP contribution >= 0.6 is 11.6 Å². The number of methoxy groups -OCH3 is 2. The van der Waals surface area contributed by atoms with Gasteiger partial charge in [-0.3, -0.25) is 0 Å². The van der Waals surface area contributed by atoms with E-state index in [0.29, 0.717) is 35.3 Å². The monoisotopic (exact) mass is 371 g/mol. The van der Waals surface area contributed by atoms with Gasteiger partial charge >= 0.3 is 5.97 Å². The van der Waals surface area contributed by atoms with Crippen LogP contribution in [0.1, 0.15) is 17.5 Å². The van der Waals surface area contributed by atoms with Crippen molar-refractivity contribution in [2.75, 3.05) is 14.2 Å². The van der Waals surface area contributed by atoms with Gasteiger partial charge in [-0.1, -0.05) is 23.7 Å². The van der Waals surface area contributed by atoms with E-state index < -0.39 is 5.97 Å². The normalized spacial score (nSPS) is 15.0. The fraction of sp³-hybridized carbons (Fsp3) is 0.200. The van der Waals surface area contributed by atoms with Crippen LogP contribution in [0.4, 0.5) is 0 Å².